The Morgan fingerprint density at radius 1 is 1.00 bits per heavy atom. The van der Waals surface area contributed by atoms with Crippen molar-refractivity contribution >= 4 is 11.8 Å². The minimum absolute atomic E-state index is 0.581. The topological polar surface area (TPSA) is 9.23 Å². The molecule has 0 aromatic heterocycles. The highest BCUT2D eigenvalue weighted by Crippen LogP contribution is 2.55. The zero-order chi connectivity index (χ0) is 13.2. The fourth-order valence-corrected chi connectivity index (χ4v) is 6.82. The van der Waals surface area contributed by atoms with Gasteiger partial charge in [0, 0.05) is 17.1 Å². The summed E-state index contributed by atoms with van der Waals surface area (Å²) in [5, 5.41) is 1.92. The van der Waals surface area contributed by atoms with E-state index in [1.165, 1.54) is 51.4 Å². The number of thioether (sulfide) groups is 1. The van der Waals surface area contributed by atoms with E-state index in [2.05, 4.69) is 25.6 Å². The second-order valence-electron chi connectivity index (χ2n) is 7.12. The molecule has 0 bridgehead atoms. The number of hydrogen-bond acceptors (Lipinski definition) is 2. The minimum Gasteiger partial charge on any atom is -0.378 e. The molecule has 0 amide bonds. The van der Waals surface area contributed by atoms with Gasteiger partial charge in [0.1, 0.15) is 0 Å². The van der Waals surface area contributed by atoms with Crippen LogP contribution in [-0.2, 0) is 4.74 Å². The Kier molecular flexibility index (Phi) is 4.79. The van der Waals surface area contributed by atoms with Gasteiger partial charge in [-0.05, 0) is 56.3 Å². The van der Waals surface area contributed by atoms with E-state index in [1.54, 1.807) is 0 Å². The maximum absolute atomic E-state index is 6.09. The first kappa shape index (κ1) is 14.3. The van der Waals surface area contributed by atoms with Crippen LogP contribution in [0.3, 0.4) is 0 Å². The second kappa shape index (κ2) is 6.39. The van der Waals surface area contributed by atoms with Crippen molar-refractivity contribution in [3.8, 4) is 0 Å². The molecular weight excluding hydrogens is 252 g/mol. The SMILES string of the molecule is CCCCOC1CCC2C(C1)SC1CC(C)CCC12. The van der Waals surface area contributed by atoms with Gasteiger partial charge in [-0.15, -0.1) is 0 Å². The maximum Gasteiger partial charge on any atom is 0.0585 e. The normalized spacial score (nSPS) is 45.8. The molecule has 0 aromatic rings. The standard InChI is InChI=1S/C17H30OS/c1-3-4-9-18-13-6-8-15-14-7-5-12(2)10-16(14)19-17(15)11-13/h12-17H,3-11H2,1-2H3. The molecule has 2 aliphatic carbocycles. The molecule has 0 radical (unpaired) electrons. The summed E-state index contributed by atoms with van der Waals surface area (Å²) < 4.78 is 6.09. The van der Waals surface area contributed by atoms with Gasteiger partial charge < -0.3 is 4.74 Å². The van der Waals surface area contributed by atoms with Crippen LogP contribution < -0.4 is 0 Å². The van der Waals surface area contributed by atoms with Crippen molar-refractivity contribution in [1.82, 2.24) is 0 Å². The van der Waals surface area contributed by atoms with Gasteiger partial charge >= 0.3 is 0 Å². The first-order valence-corrected chi connectivity index (χ1v) is 9.49. The van der Waals surface area contributed by atoms with Crippen LogP contribution in [0.4, 0.5) is 0 Å². The van der Waals surface area contributed by atoms with Crippen LogP contribution in [-0.4, -0.2) is 23.2 Å². The molecule has 1 nitrogen and oxygen atoms in total. The largest absolute Gasteiger partial charge is 0.378 e. The number of hydrogen-bond donors (Lipinski definition) is 0. The third-order valence-corrected chi connectivity index (χ3v) is 7.43. The molecule has 0 spiro atoms. The second-order valence-corrected chi connectivity index (χ2v) is 8.60. The molecule has 3 rings (SSSR count). The molecular formula is C17H30OS. The molecule has 0 N–H and O–H groups in total. The Balaban J connectivity index is 1.52. The lowest BCUT2D eigenvalue weighted by Crippen LogP contribution is -2.33. The van der Waals surface area contributed by atoms with Crippen LogP contribution in [0.5, 0.6) is 0 Å². The molecule has 19 heavy (non-hydrogen) atoms. The van der Waals surface area contributed by atoms with Crippen molar-refractivity contribution in [1.29, 1.82) is 0 Å². The van der Waals surface area contributed by atoms with E-state index < -0.39 is 0 Å². The van der Waals surface area contributed by atoms with Gasteiger partial charge in [-0.2, -0.15) is 11.8 Å². The molecule has 6 atom stereocenters. The Morgan fingerprint density at radius 3 is 2.53 bits per heavy atom. The third kappa shape index (κ3) is 3.15. The highest BCUT2D eigenvalue weighted by atomic mass is 32.2. The molecule has 2 heteroatoms. The fraction of sp³-hybridized carbons (Fsp3) is 1.00. The molecule has 3 aliphatic rings. The van der Waals surface area contributed by atoms with Gasteiger partial charge in [0.15, 0.2) is 0 Å². The molecule has 2 saturated carbocycles. The predicted octanol–water partition coefficient (Wildman–Crippen LogP) is 4.89. The van der Waals surface area contributed by atoms with Gasteiger partial charge in [-0.3, -0.25) is 0 Å². The maximum atomic E-state index is 6.09. The summed E-state index contributed by atoms with van der Waals surface area (Å²) in [5.41, 5.74) is 0. The quantitative estimate of drug-likeness (QED) is 0.679. The Bertz CT molecular complexity index is 293. The van der Waals surface area contributed by atoms with Crippen molar-refractivity contribution in [2.75, 3.05) is 6.61 Å². The van der Waals surface area contributed by atoms with Crippen molar-refractivity contribution < 1.29 is 4.74 Å². The van der Waals surface area contributed by atoms with Crippen molar-refractivity contribution in [2.45, 2.75) is 81.8 Å². The van der Waals surface area contributed by atoms with Crippen LogP contribution >= 0.6 is 11.8 Å². The first-order chi connectivity index (χ1) is 9.28. The summed E-state index contributed by atoms with van der Waals surface area (Å²) in [7, 11) is 0. The van der Waals surface area contributed by atoms with E-state index in [-0.39, 0.29) is 0 Å². The number of ether oxygens (including phenoxy) is 1. The Morgan fingerprint density at radius 2 is 1.74 bits per heavy atom. The first-order valence-electron chi connectivity index (χ1n) is 8.55. The molecule has 0 aromatic carbocycles. The summed E-state index contributed by atoms with van der Waals surface area (Å²) in [6.07, 6.45) is 11.7. The zero-order valence-corrected chi connectivity index (χ0v) is 13.5. The van der Waals surface area contributed by atoms with Gasteiger partial charge in [-0.25, -0.2) is 0 Å². The Labute approximate surface area is 123 Å². The van der Waals surface area contributed by atoms with Gasteiger partial charge in [0.2, 0.25) is 0 Å². The molecule has 1 heterocycles. The van der Waals surface area contributed by atoms with E-state index in [0.29, 0.717) is 6.10 Å². The highest BCUT2D eigenvalue weighted by Gasteiger charge is 2.47. The molecule has 110 valence electrons. The summed E-state index contributed by atoms with van der Waals surface area (Å²) in [6, 6.07) is 0. The average Bonchev–Trinajstić information content (AvgIpc) is 2.75. The summed E-state index contributed by atoms with van der Waals surface area (Å²) >= 11 is 2.35. The fourth-order valence-electron chi connectivity index (χ4n) is 4.53. The van der Waals surface area contributed by atoms with Gasteiger partial charge in [0.25, 0.3) is 0 Å². The number of fused-ring (bicyclic) bond motifs is 3. The lowest BCUT2D eigenvalue weighted by Gasteiger charge is -2.35. The van der Waals surface area contributed by atoms with Gasteiger partial charge in [0.05, 0.1) is 6.10 Å². The zero-order valence-electron chi connectivity index (χ0n) is 12.6. The molecule has 3 fully saturated rings. The number of unbranched alkanes of at least 4 members (excludes halogenated alkanes) is 1. The lowest BCUT2D eigenvalue weighted by molar-refractivity contribution is 0.0130. The van der Waals surface area contributed by atoms with E-state index in [1.807, 2.05) is 0 Å². The lowest BCUT2D eigenvalue weighted by atomic mass is 9.71. The van der Waals surface area contributed by atoms with Crippen LogP contribution in [0.15, 0.2) is 0 Å². The molecule has 1 aliphatic heterocycles. The van der Waals surface area contributed by atoms with Crippen LogP contribution in [0.2, 0.25) is 0 Å². The summed E-state index contributed by atoms with van der Waals surface area (Å²) in [5.74, 6) is 3.07. The third-order valence-electron chi connectivity index (χ3n) is 5.65. The molecule has 1 saturated heterocycles. The van der Waals surface area contributed by atoms with Crippen molar-refractivity contribution in [3.05, 3.63) is 0 Å². The van der Waals surface area contributed by atoms with Crippen molar-refractivity contribution in [2.24, 2.45) is 17.8 Å². The van der Waals surface area contributed by atoms with E-state index in [9.17, 15) is 0 Å². The van der Waals surface area contributed by atoms with E-state index >= 15 is 0 Å². The summed E-state index contributed by atoms with van der Waals surface area (Å²) in [6.45, 7) is 5.70. The van der Waals surface area contributed by atoms with E-state index in [4.69, 9.17) is 4.74 Å². The van der Waals surface area contributed by atoms with Crippen LogP contribution in [0.1, 0.15) is 65.2 Å². The average molecular weight is 282 g/mol. The van der Waals surface area contributed by atoms with Crippen LogP contribution in [0, 0.1) is 17.8 Å². The predicted molar refractivity (Wildman–Crippen MR) is 83.7 cm³/mol. The van der Waals surface area contributed by atoms with Crippen LogP contribution in [0.25, 0.3) is 0 Å². The van der Waals surface area contributed by atoms with Gasteiger partial charge in [-0.1, -0.05) is 26.7 Å². The monoisotopic (exact) mass is 282 g/mol. The Hall–Kier alpha value is 0.310. The molecule has 6 unspecified atom stereocenters. The van der Waals surface area contributed by atoms with E-state index in [0.717, 1.165) is 34.9 Å². The highest BCUT2D eigenvalue weighted by molar-refractivity contribution is 8.00. The minimum atomic E-state index is 0.581. The summed E-state index contributed by atoms with van der Waals surface area (Å²) in [4.78, 5) is 0. The smallest absolute Gasteiger partial charge is 0.0585 e. The number of rotatable bonds is 4. The van der Waals surface area contributed by atoms with Crippen molar-refractivity contribution in [3.63, 3.8) is 0 Å².